The summed E-state index contributed by atoms with van der Waals surface area (Å²) in [5.41, 5.74) is -0.673. The van der Waals surface area contributed by atoms with E-state index >= 15 is 0 Å². The van der Waals surface area contributed by atoms with E-state index in [1.807, 2.05) is 0 Å². The second kappa shape index (κ2) is 9.23. The fourth-order valence-corrected chi connectivity index (χ4v) is 8.64. The second-order valence-corrected chi connectivity index (χ2v) is 13.4. The molecule has 0 heterocycles. The average Bonchev–Trinajstić information content (AvgIpc) is 2.80. The summed E-state index contributed by atoms with van der Waals surface area (Å²) in [5.74, 6) is -0.556. The third kappa shape index (κ3) is 4.86. The normalized spacial score (nSPS) is 41.1. The minimum absolute atomic E-state index is 0.0899. The molecule has 3 bridgehead atoms. The van der Waals surface area contributed by atoms with Crippen LogP contribution in [-0.4, -0.2) is 42.4 Å². The summed E-state index contributed by atoms with van der Waals surface area (Å²) in [6.07, 6.45) is 12.6. The second-order valence-electron chi connectivity index (χ2n) is 12.0. The molecule has 5 saturated carbocycles. The van der Waals surface area contributed by atoms with Crippen molar-refractivity contribution in [1.29, 1.82) is 0 Å². The Morgan fingerprint density at radius 3 is 2.40 bits per heavy atom. The van der Waals surface area contributed by atoms with Crippen molar-refractivity contribution >= 4 is 22.1 Å². The summed E-state index contributed by atoms with van der Waals surface area (Å²) in [7, 11) is -5.91. The van der Waals surface area contributed by atoms with Crippen LogP contribution in [0.5, 0.6) is 0 Å². The zero-order chi connectivity index (χ0) is 25.0. The predicted molar refractivity (Wildman–Crippen MR) is 121 cm³/mol. The topological polar surface area (TPSA) is 107 Å². The van der Waals surface area contributed by atoms with Crippen molar-refractivity contribution in [3.63, 3.8) is 0 Å². The summed E-state index contributed by atoms with van der Waals surface area (Å²) in [5, 5.41) is -5.00. The van der Waals surface area contributed by atoms with Crippen molar-refractivity contribution in [1.82, 2.24) is 0 Å². The number of carbonyl (C=O) groups is 2. The first kappa shape index (κ1) is 25.4. The molecule has 8 atom stereocenters. The number of halogens is 2. The summed E-state index contributed by atoms with van der Waals surface area (Å²) in [6.45, 7) is -0.373. The third-order valence-electron chi connectivity index (χ3n) is 9.86. The lowest BCUT2D eigenvalue weighted by atomic mass is 9.52. The van der Waals surface area contributed by atoms with Gasteiger partial charge in [-0.1, -0.05) is 32.1 Å². The highest BCUT2D eigenvalue weighted by atomic mass is 32.2. The minimum Gasteiger partial charge on any atom is -0.460 e. The highest BCUT2D eigenvalue weighted by molar-refractivity contribution is 7.87. The Morgan fingerprint density at radius 1 is 0.914 bits per heavy atom. The molecular weight excluding hydrogens is 482 g/mol. The fourth-order valence-electron chi connectivity index (χ4n) is 8.37. The van der Waals surface area contributed by atoms with Crippen molar-refractivity contribution in [2.45, 2.75) is 94.3 Å². The Bertz CT molecular complexity index is 949. The molecule has 0 aromatic carbocycles. The van der Waals surface area contributed by atoms with Crippen LogP contribution in [0.1, 0.15) is 83.5 Å². The molecule has 198 valence electrons. The SMILES string of the molecule is O=C(OC12CC3CCC(C(COC(=O)C(F)(F)S(=O)(=O)O)C1)C(C3)C2)C1CCC2CCCCC2C1. The van der Waals surface area contributed by atoms with Crippen molar-refractivity contribution in [2.24, 2.45) is 41.4 Å². The van der Waals surface area contributed by atoms with E-state index in [0.29, 0.717) is 18.3 Å². The Kier molecular flexibility index (Phi) is 6.69. The van der Waals surface area contributed by atoms with E-state index < -0.39 is 26.9 Å². The molecule has 0 amide bonds. The van der Waals surface area contributed by atoms with Gasteiger partial charge < -0.3 is 9.47 Å². The van der Waals surface area contributed by atoms with Crippen molar-refractivity contribution < 1.29 is 40.8 Å². The van der Waals surface area contributed by atoms with Crippen LogP contribution in [0.25, 0.3) is 0 Å². The van der Waals surface area contributed by atoms with E-state index in [0.717, 1.165) is 57.3 Å². The van der Waals surface area contributed by atoms with Crippen LogP contribution in [0.2, 0.25) is 0 Å². The maximum Gasteiger partial charge on any atom is 0.465 e. The molecular formula is C25H36F2O7S. The van der Waals surface area contributed by atoms with Crippen LogP contribution >= 0.6 is 0 Å². The van der Waals surface area contributed by atoms with Crippen LogP contribution in [0.15, 0.2) is 0 Å². The standard InChI is InChI=1S/C25H36F2O7S/c26-25(27,35(30,31)32)23(29)33-14-20-13-24(11-15-5-8-21(20)19(9-15)12-24)34-22(28)18-7-6-16-3-1-2-4-17(16)10-18/h15-21H,1-14H2,(H,30,31,32). The number of esters is 2. The van der Waals surface area contributed by atoms with E-state index in [1.165, 1.54) is 25.7 Å². The van der Waals surface area contributed by atoms with E-state index in [2.05, 4.69) is 0 Å². The molecule has 7 nitrogen and oxygen atoms in total. The number of carbonyl (C=O) groups excluding carboxylic acids is 2. The molecule has 35 heavy (non-hydrogen) atoms. The maximum absolute atomic E-state index is 13.7. The highest BCUT2D eigenvalue weighted by Crippen LogP contribution is 2.58. The molecule has 0 aromatic rings. The van der Waals surface area contributed by atoms with Gasteiger partial charge in [-0.25, -0.2) is 4.79 Å². The lowest BCUT2D eigenvalue weighted by molar-refractivity contribution is -0.199. The van der Waals surface area contributed by atoms with Crippen LogP contribution < -0.4 is 0 Å². The number of fused-ring (bicyclic) bond motifs is 3. The van der Waals surface area contributed by atoms with Gasteiger partial charge in [-0.2, -0.15) is 17.2 Å². The van der Waals surface area contributed by atoms with E-state index in [9.17, 15) is 26.8 Å². The van der Waals surface area contributed by atoms with Crippen LogP contribution in [-0.2, 0) is 29.2 Å². The Morgan fingerprint density at radius 2 is 1.66 bits per heavy atom. The number of ether oxygens (including phenoxy) is 2. The van der Waals surface area contributed by atoms with Crippen LogP contribution in [0.4, 0.5) is 8.78 Å². The lowest BCUT2D eigenvalue weighted by Crippen LogP contribution is -2.55. The Balaban J connectivity index is 1.26. The molecule has 0 aromatic heterocycles. The average molecular weight is 519 g/mol. The van der Waals surface area contributed by atoms with Crippen molar-refractivity contribution in [3.8, 4) is 0 Å². The largest absolute Gasteiger partial charge is 0.465 e. The summed E-state index contributed by atoms with van der Waals surface area (Å²) in [4.78, 5) is 25.1. The van der Waals surface area contributed by atoms with Crippen molar-refractivity contribution in [3.05, 3.63) is 0 Å². The smallest absolute Gasteiger partial charge is 0.460 e. The first-order chi connectivity index (χ1) is 16.5. The summed E-state index contributed by atoms with van der Waals surface area (Å²) in [6, 6.07) is 0. The van der Waals surface area contributed by atoms with E-state index in [-0.39, 0.29) is 36.2 Å². The van der Waals surface area contributed by atoms with Gasteiger partial charge >= 0.3 is 27.3 Å². The van der Waals surface area contributed by atoms with E-state index in [4.69, 9.17) is 14.0 Å². The van der Waals surface area contributed by atoms with Crippen LogP contribution in [0.3, 0.4) is 0 Å². The maximum atomic E-state index is 13.7. The van der Waals surface area contributed by atoms with Gasteiger partial charge in [-0.05, 0) is 86.9 Å². The molecule has 0 radical (unpaired) electrons. The summed E-state index contributed by atoms with van der Waals surface area (Å²) < 4.78 is 68.9. The minimum atomic E-state index is -5.91. The van der Waals surface area contributed by atoms with Gasteiger partial charge in [-0.3, -0.25) is 9.35 Å². The molecule has 8 unspecified atom stereocenters. The van der Waals surface area contributed by atoms with E-state index in [1.54, 1.807) is 0 Å². The molecule has 1 N–H and O–H groups in total. The van der Waals surface area contributed by atoms with Gasteiger partial charge in [0.15, 0.2) is 0 Å². The molecule has 5 aliphatic carbocycles. The van der Waals surface area contributed by atoms with Crippen LogP contribution in [0, 0.1) is 41.4 Å². The molecule has 0 aliphatic heterocycles. The van der Waals surface area contributed by atoms with Gasteiger partial charge in [0.1, 0.15) is 5.60 Å². The van der Waals surface area contributed by atoms with Gasteiger partial charge in [0.2, 0.25) is 0 Å². The zero-order valence-electron chi connectivity index (χ0n) is 20.0. The number of hydrogen-bond donors (Lipinski definition) is 1. The lowest BCUT2D eigenvalue weighted by Gasteiger charge is -2.57. The van der Waals surface area contributed by atoms with Gasteiger partial charge in [0, 0.05) is 0 Å². The fraction of sp³-hybridized carbons (Fsp3) is 0.920. The highest BCUT2D eigenvalue weighted by Gasteiger charge is 2.57. The third-order valence-corrected chi connectivity index (χ3v) is 10.7. The van der Waals surface area contributed by atoms with Gasteiger partial charge in [0.05, 0.1) is 12.5 Å². The molecule has 10 heteroatoms. The summed E-state index contributed by atoms with van der Waals surface area (Å²) >= 11 is 0. The van der Waals surface area contributed by atoms with Crippen molar-refractivity contribution in [2.75, 3.05) is 6.61 Å². The number of alkyl halides is 2. The molecule has 0 saturated heterocycles. The first-order valence-electron chi connectivity index (χ1n) is 13.2. The molecule has 5 rings (SSSR count). The molecule has 5 fully saturated rings. The van der Waals surface area contributed by atoms with Gasteiger partial charge in [-0.15, -0.1) is 0 Å². The number of hydrogen-bond acceptors (Lipinski definition) is 6. The first-order valence-corrected chi connectivity index (χ1v) is 14.7. The monoisotopic (exact) mass is 518 g/mol. The Labute approximate surface area is 205 Å². The molecule has 0 spiro atoms. The Hall–Kier alpha value is -1.29. The quantitative estimate of drug-likeness (QED) is 0.400. The zero-order valence-corrected chi connectivity index (χ0v) is 20.8. The molecule has 5 aliphatic rings. The van der Waals surface area contributed by atoms with Gasteiger partial charge in [0.25, 0.3) is 0 Å². The predicted octanol–water partition coefficient (Wildman–Crippen LogP) is 4.74. The number of rotatable bonds is 6.